The molecular formula is C15H12N2O2. The summed E-state index contributed by atoms with van der Waals surface area (Å²) in [6.07, 6.45) is 1.71. The monoisotopic (exact) mass is 252 g/mol. The SMILES string of the molecule is O=C1CC(=O)N(c2ccc(-c3ccccc3)cn2)C1. The van der Waals surface area contributed by atoms with Crippen molar-refractivity contribution in [2.75, 3.05) is 11.4 Å². The van der Waals surface area contributed by atoms with E-state index < -0.39 is 0 Å². The molecule has 1 amide bonds. The van der Waals surface area contributed by atoms with Gasteiger partial charge < -0.3 is 0 Å². The van der Waals surface area contributed by atoms with Crippen molar-refractivity contribution in [3.8, 4) is 11.1 Å². The van der Waals surface area contributed by atoms with Crippen molar-refractivity contribution in [2.45, 2.75) is 6.42 Å². The lowest BCUT2D eigenvalue weighted by atomic mass is 10.1. The zero-order chi connectivity index (χ0) is 13.2. The number of carbonyl (C=O) groups excluding carboxylic acids is 2. The molecule has 0 bridgehead atoms. The van der Waals surface area contributed by atoms with Crippen LogP contribution in [0.1, 0.15) is 6.42 Å². The van der Waals surface area contributed by atoms with E-state index in [9.17, 15) is 9.59 Å². The van der Waals surface area contributed by atoms with Crippen molar-refractivity contribution >= 4 is 17.5 Å². The fraction of sp³-hybridized carbons (Fsp3) is 0.133. The molecule has 0 saturated carbocycles. The molecule has 0 radical (unpaired) electrons. The zero-order valence-corrected chi connectivity index (χ0v) is 10.2. The molecule has 4 heteroatoms. The lowest BCUT2D eigenvalue weighted by molar-refractivity contribution is -0.121. The third kappa shape index (κ3) is 2.25. The van der Waals surface area contributed by atoms with Crippen LogP contribution in [0.3, 0.4) is 0 Å². The molecule has 0 atom stereocenters. The van der Waals surface area contributed by atoms with E-state index in [1.165, 1.54) is 4.90 Å². The van der Waals surface area contributed by atoms with E-state index in [0.717, 1.165) is 11.1 Å². The van der Waals surface area contributed by atoms with Gasteiger partial charge in [0.25, 0.3) is 0 Å². The summed E-state index contributed by atoms with van der Waals surface area (Å²) in [5.74, 6) is 0.305. The Morgan fingerprint density at radius 3 is 2.32 bits per heavy atom. The van der Waals surface area contributed by atoms with Crippen LogP contribution in [0.2, 0.25) is 0 Å². The molecule has 0 unspecified atom stereocenters. The van der Waals surface area contributed by atoms with Crippen LogP contribution in [0.5, 0.6) is 0 Å². The highest BCUT2D eigenvalue weighted by molar-refractivity contribution is 6.14. The number of rotatable bonds is 2. The van der Waals surface area contributed by atoms with Gasteiger partial charge in [-0.25, -0.2) is 4.98 Å². The third-order valence-corrected chi connectivity index (χ3v) is 3.12. The number of pyridine rings is 1. The van der Waals surface area contributed by atoms with Gasteiger partial charge in [0.15, 0.2) is 5.78 Å². The van der Waals surface area contributed by atoms with Crippen LogP contribution in [0.4, 0.5) is 5.82 Å². The molecule has 1 fully saturated rings. The summed E-state index contributed by atoms with van der Waals surface area (Å²) in [5.41, 5.74) is 2.06. The van der Waals surface area contributed by atoms with Crippen molar-refractivity contribution in [1.82, 2.24) is 4.98 Å². The van der Waals surface area contributed by atoms with E-state index in [-0.39, 0.29) is 24.7 Å². The average molecular weight is 252 g/mol. The first-order chi connectivity index (χ1) is 9.24. The predicted molar refractivity (Wildman–Crippen MR) is 71.7 cm³/mol. The van der Waals surface area contributed by atoms with Crippen molar-refractivity contribution in [2.24, 2.45) is 0 Å². The average Bonchev–Trinajstić information content (AvgIpc) is 2.79. The Bertz CT molecular complexity index is 620. The molecule has 94 valence electrons. The molecule has 1 aliphatic rings. The highest BCUT2D eigenvalue weighted by atomic mass is 16.2. The molecule has 1 aliphatic heterocycles. The number of benzene rings is 1. The van der Waals surface area contributed by atoms with Gasteiger partial charge in [-0.2, -0.15) is 0 Å². The standard InChI is InChI=1S/C15H12N2O2/c18-13-8-15(19)17(10-13)14-7-6-12(9-16-14)11-4-2-1-3-5-11/h1-7,9H,8,10H2. The highest BCUT2D eigenvalue weighted by Gasteiger charge is 2.29. The van der Waals surface area contributed by atoms with E-state index in [4.69, 9.17) is 0 Å². The van der Waals surface area contributed by atoms with Crippen LogP contribution >= 0.6 is 0 Å². The quantitative estimate of drug-likeness (QED) is 0.769. The maximum Gasteiger partial charge on any atom is 0.236 e. The molecule has 0 spiro atoms. The predicted octanol–water partition coefficient (Wildman–Crippen LogP) is 2.05. The second-order valence-corrected chi connectivity index (χ2v) is 4.47. The van der Waals surface area contributed by atoms with E-state index >= 15 is 0 Å². The van der Waals surface area contributed by atoms with Gasteiger partial charge in [0, 0.05) is 11.8 Å². The van der Waals surface area contributed by atoms with E-state index in [1.54, 1.807) is 12.3 Å². The zero-order valence-electron chi connectivity index (χ0n) is 10.2. The van der Waals surface area contributed by atoms with Crippen molar-refractivity contribution in [3.63, 3.8) is 0 Å². The molecule has 0 N–H and O–H groups in total. The van der Waals surface area contributed by atoms with Crippen LogP contribution in [-0.2, 0) is 9.59 Å². The molecule has 4 nitrogen and oxygen atoms in total. The summed E-state index contributed by atoms with van der Waals surface area (Å²) < 4.78 is 0. The summed E-state index contributed by atoms with van der Waals surface area (Å²) in [4.78, 5) is 28.5. The van der Waals surface area contributed by atoms with Crippen molar-refractivity contribution in [1.29, 1.82) is 0 Å². The Hall–Kier alpha value is -2.49. The van der Waals surface area contributed by atoms with Crippen molar-refractivity contribution in [3.05, 3.63) is 48.7 Å². The van der Waals surface area contributed by atoms with E-state index in [2.05, 4.69) is 4.98 Å². The second-order valence-electron chi connectivity index (χ2n) is 4.47. The smallest absolute Gasteiger partial charge is 0.236 e. The Kier molecular flexibility index (Phi) is 2.83. The summed E-state index contributed by atoms with van der Waals surface area (Å²) >= 11 is 0. The summed E-state index contributed by atoms with van der Waals surface area (Å²) in [6, 6.07) is 13.6. The summed E-state index contributed by atoms with van der Waals surface area (Å²) in [5, 5.41) is 0. The number of ketones is 1. The Balaban J connectivity index is 1.87. The molecule has 0 aliphatic carbocycles. The molecule has 3 rings (SSSR count). The lowest BCUT2D eigenvalue weighted by Gasteiger charge is -2.13. The topological polar surface area (TPSA) is 50.3 Å². The molecule has 19 heavy (non-hydrogen) atoms. The van der Waals surface area contributed by atoms with Gasteiger partial charge in [0.2, 0.25) is 5.91 Å². The van der Waals surface area contributed by atoms with Crippen LogP contribution in [0.15, 0.2) is 48.7 Å². The van der Waals surface area contributed by atoms with Crippen molar-refractivity contribution < 1.29 is 9.59 Å². The fourth-order valence-corrected chi connectivity index (χ4v) is 2.14. The first kappa shape index (κ1) is 11.6. The maximum absolute atomic E-state index is 11.6. The number of amides is 1. The van der Waals surface area contributed by atoms with Gasteiger partial charge >= 0.3 is 0 Å². The van der Waals surface area contributed by atoms with Gasteiger partial charge in [0.1, 0.15) is 5.82 Å². The minimum Gasteiger partial charge on any atom is -0.297 e. The second kappa shape index (κ2) is 4.65. The van der Waals surface area contributed by atoms with E-state index in [1.807, 2.05) is 36.4 Å². The van der Waals surface area contributed by atoms with Gasteiger partial charge in [-0.3, -0.25) is 14.5 Å². The summed E-state index contributed by atoms with van der Waals surface area (Å²) in [7, 11) is 0. The number of hydrogen-bond acceptors (Lipinski definition) is 3. The van der Waals surface area contributed by atoms with Crippen LogP contribution < -0.4 is 4.90 Å². The minimum atomic E-state index is -0.176. The number of hydrogen-bond donors (Lipinski definition) is 0. The van der Waals surface area contributed by atoms with Crippen LogP contribution in [0.25, 0.3) is 11.1 Å². The van der Waals surface area contributed by atoms with Gasteiger partial charge in [-0.15, -0.1) is 0 Å². The molecule has 2 heterocycles. The summed E-state index contributed by atoms with van der Waals surface area (Å²) in [6.45, 7) is 0.135. The minimum absolute atomic E-state index is 0.0118. The normalized spacial score (nSPS) is 15.1. The third-order valence-electron chi connectivity index (χ3n) is 3.12. The molecule has 1 aromatic heterocycles. The van der Waals surface area contributed by atoms with Crippen LogP contribution in [0, 0.1) is 0 Å². The molecule has 1 saturated heterocycles. The first-order valence-corrected chi connectivity index (χ1v) is 6.07. The fourth-order valence-electron chi connectivity index (χ4n) is 2.14. The first-order valence-electron chi connectivity index (χ1n) is 6.07. The molecule has 1 aromatic carbocycles. The Labute approximate surface area is 110 Å². The van der Waals surface area contributed by atoms with Crippen LogP contribution in [-0.4, -0.2) is 23.2 Å². The largest absolute Gasteiger partial charge is 0.297 e. The van der Waals surface area contributed by atoms with E-state index in [0.29, 0.717) is 5.82 Å². The number of aromatic nitrogens is 1. The number of nitrogens with zero attached hydrogens (tertiary/aromatic N) is 2. The number of Topliss-reactive ketones (excluding diaryl/α,β-unsaturated/α-hetero) is 1. The number of carbonyl (C=O) groups is 2. The highest BCUT2D eigenvalue weighted by Crippen LogP contribution is 2.22. The Morgan fingerprint density at radius 1 is 0.947 bits per heavy atom. The molecular weight excluding hydrogens is 240 g/mol. The van der Waals surface area contributed by atoms with Gasteiger partial charge in [0.05, 0.1) is 13.0 Å². The Morgan fingerprint density at radius 2 is 1.74 bits per heavy atom. The molecule has 2 aromatic rings. The lowest BCUT2D eigenvalue weighted by Crippen LogP contribution is -2.25. The maximum atomic E-state index is 11.6. The van der Waals surface area contributed by atoms with Gasteiger partial charge in [-0.05, 0) is 17.7 Å². The number of anilines is 1. The van der Waals surface area contributed by atoms with Gasteiger partial charge in [-0.1, -0.05) is 30.3 Å².